The molecule has 2 atom stereocenters. The molecule has 1 fully saturated rings. The second kappa shape index (κ2) is 9.80. The number of ether oxygens (including phenoxy) is 1. The van der Waals surface area contributed by atoms with Crippen LogP contribution < -0.4 is 10.6 Å². The quantitative estimate of drug-likeness (QED) is 0.322. The van der Waals surface area contributed by atoms with Crippen LogP contribution >= 0.6 is 12.4 Å². The molecule has 0 spiro atoms. The Kier molecular flexibility index (Phi) is 8.09. The van der Waals surface area contributed by atoms with Crippen molar-refractivity contribution < 1.29 is 19.2 Å². The summed E-state index contributed by atoms with van der Waals surface area (Å²) in [7, 11) is 1.57. The Morgan fingerprint density at radius 3 is 2.72 bits per heavy atom. The SMILES string of the molecule is CN(C(=O)OCc1ccc([N+](=O)[O-])cc1)C(NC=O)[C@H]1CCNC1.Cl. The highest BCUT2D eigenvalue weighted by molar-refractivity contribution is 5.85. The minimum absolute atomic E-state index is 0. The number of hydrogen-bond acceptors (Lipinski definition) is 6. The maximum absolute atomic E-state index is 12.2. The summed E-state index contributed by atoms with van der Waals surface area (Å²) in [5.41, 5.74) is 0.621. The van der Waals surface area contributed by atoms with Gasteiger partial charge in [0.25, 0.3) is 5.69 Å². The lowest BCUT2D eigenvalue weighted by molar-refractivity contribution is -0.384. The number of hydrogen-bond donors (Lipinski definition) is 2. The van der Waals surface area contributed by atoms with E-state index in [2.05, 4.69) is 10.6 Å². The van der Waals surface area contributed by atoms with Gasteiger partial charge in [-0.2, -0.15) is 0 Å². The van der Waals surface area contributed by atoms with Gasteiger partial charge in [-0.25, -0.2) is 4.79 Å². The number of carbonyl (C=O) groups excluding carboxylic acids is 2. The minimum atomic E-state index is -0.570. The lowest BCUT2D eigenvalue weighted by atomic mass is 10.0. The van der Waals surface area contributed by atoms with Crippen molar-refractivity contribution in [1.29, 1.82) is 0 Å². The van der Waals surface area contributed by atoms with Gasteiger partial charge in [-0.1, -0.05) is 0 Å². The molecule has 1 saturated heterocycles. The first-order valence-electron chi connectivity index (χ1n) is 7.56. The fourth-order valence-electron chi connectivity index (χ4n) is 2.65. The monoisotopic (exact) mass is 372 g/mol. The molecule has 1 aliphatic heterocycles. The van der Waals surface area contributed by atoms with Crippen LogP contribution in [0.1, 0.15) is 12.0 Å². The Morgan fingerprint density at radius 1 is 1.52 bits per heavy atom. The summed E-state index contributed by atoms with van der Waals surface area (Å²) >= 11 is 0. The summed E-state index contributed by atoms with van der Waals surface area (Å²) in [5, 5.41) is 16.4. The predicted octanol–water partition coefficient (Wildman–Crippen LogP) is 1.27. The summed E-state index contributed by atoms with van der Waals surface area (Å²) in [6.45, 7) is 1.55. The average molecular weight is 373 g/mol. The molecule has 10 heteroatoms. The van der Waals surface area contributed by atoms with Gasteiger partial charge in [0.15, 0.2) is 0 Å². The van der Waals surface area contributed by atoms with Gasteiger partial charge < -0.3 is 15.4 Å². The molecule has 1 unspecified atom stereocenters. The number of nitro groups is 1. The van der Waals surface area contributed by atoms with Crippen LogP contribution in [0.15, 0.2) is 24.3 Å². The molecule has 1 aromatic carbocycles. The van der Waals surface area contributed by atoms with E-state index >= 15 is 0 Å². The van der Waals surface area contributed by atoms with Gasteiger partial charge >= 0.3 is 6.09 Å². The van der Waals surface area contributed by atoms with Gasteiger partial charge in [-0.3, -0.25) is 19.8 Å². The maximum atomic E-state index is 12.2. The first-order chi connectivity index (χ1) is 11.5. The molecule has 138 valence electrons. The molecular formula is C15H21ClN4O5. The molecule has 0 saturated carbocycles. The first-order valence-corrected chi connectivity index (χ1v) is 7.56. The Hall–Kier alpha value is -2.39. The molecule has 0 radical (unpaired) electrons. The van der Waals surface area contributed by atoms with Crippen LogP contribution in [0.2, 0.25) is 0 Å². The number of benzene rings is 1. The van der Waals surface area contributed by atoms with E-state index in [1.807, 2.05) is 0 Å². The third-order valence-corrected chi connectivity index (χ3v) is 4.00. The molecular weight excluding hydrogens is 352 g/mol. The number of halogens is 1. The van der Waals surface area contributed by atoms with Gasteiger partial charge in [0, 0.05) is 31.6 Å². The third kappa shape index (κ3) is 5.57. The van der Waals surface area contributed by atoms with Crippen molar-refractivity contribution in [3.05, 3.63) is 39.9 Å². The number of nitrogens with one attached hydrogen (secondary N) is 2. The molecule has 9 nitrogen and oxygen atoms in total. The lowest BCUT2D eigenvalue weighted by Crippen LogP contribution is -2.51. The molecule has 1 heterocycles. The zero-order valence-corrected chi connectivity index (χ0v) is 14.5. The number of nitrogens with zero attached hydrogens (tertiary/aromatic N) is 2. The summed E-state index contributed by atoms with van der Waals surface area (Å²) in [6, 6.07) is 5.78. The van der Waals surface area contributed by atoms with Crippen LogP contribution in [0, 0.1) is 16.0 Å². The van der Waals surface area contributed by atoms with E-state index in [4.69, 9.17) is 4.74 Å². The van der Waals surface area contributed by atoms with Crippen LogP contribution in [0.4, 0.5) is 10.5 Å². The smallest absolute Gasteiger partial charge is 0.411 e. The Balaban J connectivity index is 0.00000312. The van der Waals surface area contributed by atoms with Crippen molar-refractivity contribution in [1.82, 2.24) is 15.5 Å². The van der Waals surface area contributed by atoms with Gasteiger partial charge in [0.05, 0.1) is 4.92 Å². The minimum Gasteiger partial charge on any atom is -0.445 e. The summed E-state index contributed by atoms with van der Waals surface area (Å²) in [4.78, 5) is 34.5. The second-order valence-electron chi connectivity index (χ2n) is 5.57. The van der Waals surface area contributed by atoms with E-state index in [-0.39, 0.29) is 30.6 Å². The normalized spacial score (nSPS) is 17.1. The van der Waals surface area contributed by atoms with Gasteiger partial charge in [-0.15, -0.1) is 12.4 Å². The number of carbonyl (C=O) groups is 2. The number of non-ortho nitro benzene ring substituents is 1. The van der Waals surface area contributed by atoms with Gasteiger partial charge in [0.1, 0.15) is 12.8 Å². The van der Waals surface area contributed by atoms with E-state index in [1.54, 1.807) is 7.05 Å². The van der Waals surface area contributed by atoms with Crippen molar-refractivity contribution >= 4 is 30.6 Å². The molecule has 2 amide bonds. The van der Waals surface area contributed by atoms with Crippen LogP contribution in [-0.2, 0) is 16.1 Å². The highest BCUT2D eigenvalue weighted by Crippen LogP contribution is 2.17. The summed E-state index contributed by atoms with van der Waals surface area (Å²) < 4.78 is 5.22. The van der Waals surface area contributed by atoms with E-state index < -0.39 is 17.2 Å². The van der Waals surface area contributed by atoms with E-state index in [9.17, 15) is 19.7 Å². The molecule has 2 rings (SSSR count). The summed E-state index contributed by atoms with van der Waals surface area (Å²) in [6.07, 6.45) is 0.413. The lowest BCUT2D eigenvalue weighted by Gasteiger charge is -2.31. The van der Waals surface area contributed by atoms with Crippen molar-refractivity contribution in [2.24, 2.45) is 5.92 Å². The third-order valence-electron chi connectivity index (χ3n) is 4.00. The predicted molar refractivity (Wildman–Crippen MR) is 92.3 cm³/mol. The van der Waals surface area contributed by atoms with Gasteiger partial charge in [-0.05, 0) is 30.7 Å². The van der Waals surface area contributed by atoms with E-state index in [1.165, 1.54) is 29.2 Å². The van der Waals surface area contributed by atoms with Crippen molar-refractivity contribution in [2.45, 2.75) is 19.2 Å². The van der Waals surface area contributed by atoms with Crippen molar-refractivity contribution in [3.8, 4) is 0 Å². The summed E-state index contributed by atoms with van der Waals surface area (Å²) in [5.74, 6) is 0.118. The Bertz CT molecular complexity index is 592. The number of rotatable bonds is 7. The largest absolute Gasteiger partial charge is 0.445 e. The Morgan fingerprint density at radius 2 is 2.20 bits per heavy atom. The highest BCUT2D eigenvalue weighted by Gasteiger charge is 2.31. The molecule has 0 aromatic heterocycles. The average Bonchev–Trinajstić information content (AvgIpc) is 3.11. The van der Waals surface area contributed by atoms with Crippen LogP contribution in [0.3, 0.4) is 0 Å². The molecule has 1 aliphatic rings. The Labute approximate surface area is 151 Å². The van der Waals surface area contributed by atoms with Crippen molar-refractivity contribution in [2.75, 3.05) is 20.1 Å². The molecule has 1 aromatic rings. The first kappa shape index (κ1) is 20.7. The zero-order chi connectivity index (χ0) is 17.5. The zero-order valence-electron chi connectivity index (χ0n) is 13.7. The molecule has 25 heavy (non-hydrogen) atoms. The fourth-order valence-corrected chi connectivity index (χ4v) is 2.65. The van der Waals surface area contributed by atoms with Crippen LogP contribution in [0.25, 0.3) is 0 Å². The molecule has 0 aliphatic carbocycles. The van der Waals surface area contributed by atoms with Gasteiger partial charge in [0.2, 0.25) is 6.41 Å². The molecule has 2 N–H and O–H groups in total. The topological polar surface area (TPSA) is 114 Å². The van der Waals surface area contributed by atoms with E-state index in [0.29, 0.717) is 18.5 Å². The fraction of sp³-hybridized carbons (Fsp3) is 0.467. The second-order valence-corrected chi connectivity index (χ2v) is 5.57. The van der Waals surface area contributed by atoms with Crippen LogP contribution in [0.5, 0.6) is 0 Å². The van der Waals surface area contributed by atoms with Crippen LogP contribution in [-0.4, -0.2) is 48.6 Å². The highest BCUT2D eigenvalue weighted by atomic mass is 35.5. The standard InChI is InChI=1S/C15H20N4O5.ClH/c1-18(14(17-10-20)12-6-7-16-8-12)15(21)24-9-11-2-4-13(5-3-11)19(22)23;/h2-5,10,12,14,16H,6-9H2,1H3,(H,17,20);1H/t12-,14?;/m0./s1. The van der Waals surface area contributed by atoms with E-state index in [0.717, 1.165) is 13.0 Å². The maximum Gasteiger partial charge on any atom is 0.411 e. The van der Waals surface area contributed by atoms with Crippen molar-refractivity contribution in [3.63, 3.8) is 0 Å². The number of nitro benzene ring substituents is 1. The number of amides is 2. The molecule has 0 bridgehead atoms.